The molecule has 0 aromatic heterocycles. The van der Waals surface area contributed by atoms with E-state index in [9.17, 15) is 0 Å². The number of nitrogens with zero attached hydrogens (tertiary/aromatic N) is 2. The van der Waals surface area contributed by atoms with Gasteiger partial charge in [-0.05, 0) is 11.8 Å². The number of hydrogen-bond donors (Lipinski definition) is 0. The van der Waals surface area contributed by atoms with Crippen LogP contribution in [0.3, 0.4) is 0 Å². The van der Waals surface area contributed by atoms with Gasteiger partial charge >= 0.3 is 0 Å². The van der Waals surface area contributed by atoms with Crippen molar-refractivity contribution in [3.63, 3.8) is 0 Å². The Labute approximate surface area is 95.1 Å². The zero-order chi connectivity index (χ0) is 11.9. The zero-order valence-electron chi connectivity index (χ0n) is 10.6. The Morgan fingerprint density at radius 2 is 1.13 bits per heavy atom. The van der Waals surface area contributed by atoms with E-state index in [4.69, 9.17) is 12.8 Å². The molecule has 0 aliphatic rings. The highest BCUT2D eigenvalue weighted by atomic mass is 15.3. The van der Waals surface area contributed by atoms with Crippen LogP contribution in [0.25, 0.3) is 0 Å². The molecule has 0 unspecified atom stereocenters. The van der Waals surface area contributed by atoms with Gasteiger partial charge in [0.15, 0.2) is 0 Å². The van der Waals surface area contributed by atoms with Crippen molar-refractivity contribution >= 4 is 0 Å². The first-order valence-corrected chi connectivity index (χ1v) is 5.34. The van der Waals surface area contributed by atoms with Crippen molar-refractivity contribution in [1.29, 1.82) is 0 Å². The van der Waals surface area contributed by atoms with Crippen LogP contribution in [0.4, 0.5) is 0 Å². The summed E-state index contributed by atoms with van der Waals surface area (Å²) < 4.78 is 1.79. The van der Waals surface area contributed by atoms with Gasteiger partial charge in [0.25, 0.3) is 0 Å². The minimum atomic E-state index is 0.794. The molecule has 0 saturated heterocycles. The van der Waals surface area contributed by atoms with Crippen LogP contribution in [-0.2, 0) is 0 Å². The van der Waals surface area contributed by atoms with Gasteiger partial charge in [-0.1, -0.05) is 0 Å². The van der Waals surface area contributed by atoms with Crippen LogP contribution in [0.2, 0.25) is 0 Å². The minimum absolute atomic E-state index is 0.794. The maximum Gasteiger partial charge on any atom is 0.140 e. The van der Waals surface area contributed by atoms with Crippen LogP contribution < -0.4 is 0 Å². The molecular weight excluding hydrogens is 184 g/mol. The molecule has 0 aliphatic carbocycles. The van der Waals surface area contributed by atoms with E-state index < -0.39 is 0 Å². The molecule has 2 heteroatoms. The predicted octanol–water partition coefficient (Wildman–Crippen LogP) is 0.796. The Morgan fingerprint density at radius 3 is 1.40 bits per heavy atom. The van der Waals surface area contributed by atoms with E-state index in [-0.39, 0.29) is 0 Å². The van der Waals surface area contributed by atoms with Crippen LogP contribution >= 0.6 is 0 Å². The Morgan fingerprint density at radius 1 is 0.800 bits per heavy atom. The first-order valence-electron chi connectivity index (χ1n) is 5.34. The summed E-state index contributed by atoms with van der Waals surface area (Å²) in [6.45, 7) is 3.80. The molecule has 15 heavy (non-hydrogen) atoms. The molecule has 0 atom stereocenters. The van der Waals surface area contributed by atoms with Crippen molar-refractivity contribution in [2.45, 2.75) is 6.42 Å². The van der Waals surface area contributed by atoms with Gasteiger partial charge in [-0.3, -0.25) is 0 Å². The van der Waals surface area contributed by atoms with Crippen LogP contribution in [0.15, 0.2) is 0 Å². The van der Waals surface area contributed by atoms with Crippen LogP contribution in [0.5, 0.6) is 0 Å². The summed E-state index contributed by atoms with van der Waals surface area (Å²) in [5, 5.41) is 0. The third kappa shape index (κ3) is 7.03. The van der Waals surface area contributed by atoms with Gasteiger partial charge in [0.2, 0.25) is 0 Å². The Hall–Kier alpha value is -0.960. The molecule has 84 valence electrons. The van der Waals surface area contributed by atoms with Gasteiger partial charge in [0.05, 0.1) is 41.3 Å². The van der Waals surface area contributed by atoms with E-state index in [1.807, 2.05) is 0 Å². The van der Waals surface area contributed by atoms with Crippen molar-refractivity contribution < 1.29 is 8.97 Å². The van der Waals surface area contributed by atoms with Gasteiger partial charge < -0.3 is 8.97 Å². The second kappa shape index (κ2) is 5.81. The SMILES string of the molecule is C#CC[N+](C)(C)CCC[N+](C)(C)CC#C. The van der Waals surface area contributed by atoms with Crippen LogP contribution in [-0.4, -0.2) is 63.3 Å². The summed E-state index contributed by atoms with van der Waals surface area (Å²) in [5.74, 6) is 5.43. The molecule has 0 amide bonds. The molecule has 0 saturated carbocycles. The van der Waals surface area contributed by atoms with Gasteiger partial charge in [-0.25, -0.2) is 0 Å². The first-order chi connectivity index (χ1) is 6.83. The van der Waals surface area contributed by atoms with Crippen molar-refractivity contribution in [1.82, 2.24) is 0 Å². The summed E-state index contributed by atoms with van der Waals surface area (Å²) in [7, 11) is 8.67. The molecule has 0 aromatic rings. The fourth-order valence-corrected chi connectivity index (χ4v) is 1.58. The van der Waals surface area contributed by atoms with Gasteiger partial charge in [0.1, 0.15) is 13.1 Å². The summed E-state index contributed by atoms with van der Waals surface area (Å²) in [6.07, 6.45) is 11.8. The smallest absolute Gasteiger partial charge is 0.140 e. The van der Waals surface area contributed by atoms with E-state index in [1.54, 1.807) is 0 Å². The average Bonchev–Trinajstić information content (AvgIpc) is 2.02. The quantitative estimate of drug-likeness (QED) is 0.447. The van der Waals surface area contributed by atoms with Crippen molar-refractivity contribution in [3.8, 4) is 24.7 Å². The molecule has 0 aliphatic heterocycles. The average molecular weight is 208 g/mol. The molecule has 2 nitrogen and oxygen atoms in total. The topological polar surface area (TPSA) is 0 Å². The molecule has 0 fully saturated rings. The lowest BCUT2D eigenvalue weighted by atomic mass is 10.3. The van der Waals surface area contributed by atoms with E-state index in [0.29, 0.717) is 0 Å². The summed E-state index contributed by atoms with van der Waals surface area (Å²) >= 11 is 0. The highest BCUT2D eigenvalue weighted by Gasteiger charge is 2.17. The lowest BCUT2D eigenvalue weighted by molar-refractivity contribution is -0.902. The number of quaternary nitrogens is 2. The van der Waals surface area contributed by atoms with Crippen LogP contribution in [0, 0.1) is 24.7 Å². The first kappa shape index (κ1) is 14.0. The Balaban J connectivity index is 3.90. The molecule has 0 radical (unpaired) electrons. The van der Waals surface area contributed by atoms with E-state index in [0.717, 1.165) is 41.6 Å². The van der Waals surface area contributed by atoms with Crippen LogP contribution in [0.1, 0.15) is 6.42 Å². The van der Waals surface area contributed by atoms with Crippen molar-refractivity contribution in [2.24, 2.45) is 0 Å². The highest BCUT2D eigenvalue weighted by Crippen LogP contribution is 2.03. The lowest BCUT2D eigenvalue weighted by Gasteiger charge is -2.31. The second-order valence-electron chi connectivity index (χ2n) is 5.40. The van der Waals surface area contributed by atoms with E-state index >= 15 is 0 Å². The van der Waals surface area contributed by atoms with E-state index in [1.165, 1.54) is 0 Å². The Kier molecular flexibility index (Phi) is 5.44. The summed E-state index contributed by atoms with van der Waals surface area (Å²) in [5.41, 5.74) is 0. The largest absolute Gasteiger partial charge is 0.318 e. The molecule has 0 aromatic carbocycles. The molecule has 0 rings (SSSR count). The molecule has 0 spiro atoms. The standard InChI is InChI=1S/C13H24N2/c1-7-10-14(3,4)12-9-13-15(5,6)11-8-2/h1-2H,9-13H2,3-6H3/q+2. The third-order valence-corrected chi connectivity index (χ3v) is 2.57. The molecule has 0 heterocycles. The summed E-state index contributed by atoms with van der Waals surface area (Å²) in [6, 6.07) is 0. The fraction of sp³-hybridized carbons (Fsp3) is 0.692. The second-order valence-corrected chi connectivity index (χ2v) is 5.40. The Bertz CT molecular complexity index is 235. The zero-order valence-corrected chi connectivity index (χ0v) is 10.6. The fourth-order valence-electron chi connectivity index (χ4n) is 1.58. The van der Waals surface area contributed by atoms with Gasteiger partial charge in [-0.2, -0.15) is 0 Å². The number of rotatable bonds is 6. The maximum atomic E-state index is 5.32. The van der Waals surface area contributed by atoms with Gasteiger partial charge in [-0.15, -0.1) is 12.8 Å². The van der Waals surface area contributed by atoms with Crippen molar-refractivity contribution in [2.75, 3.05) is 54.4 Å². The number of terminal acetylenes is 2. The molecule has 0 bridgehead atoms. The van der Waals surface area contributed by atoms with Crippen molar-refractivity contribution in [3.05, 3.63) is 0 Å². The van der Waals surface area contributed by atoms with Gasteiger partial charge in [0, 0.05) is 6.42 Å². The molecular formula is C13H24N2+2. The van der Waals surface area contributed by atoms with E-state index in [2.05, 4.69) is 40.0 Å². The molecule has 0 N–H and O–H groups in total. The number of hydrogen-bond acceptors (Lipinski definition) is 0. The predicted molar refractivity (Wildman–Crippen MR) is 66.0 cm³/mol. The highest BCUT2D eigenvalue weighted by molar-refractivity contribution is 4.83. The third-order valence-electron chi connectivity index (χ3n) is 2.57. The normalized spacial score (nSPS) is 11.9. The summed E-state index contributed by atoms with van der Waals surface area (Å²) in [4.78, 5) is 0. The maximum absolute atomic E-state index is 5.32. The monoisotopic (exact) mass is 208 g/mol. The minimum Gasteiger partial charge on any atom is -0.318 e. The lowest BCUT2D eigenvalue weighted by Crippen LogP contribution is -2.45.